The molecular weight excluding hydrogens is 332 g/mol. The number of nitrogens with one attached hydrogen (secondary N) is 1. The third-order valence-corrected chi connectivity index (χ3v) is 6.49. The molecule has 1 amide bonds. The highest BCUT2D eigenvalue weighted by Crippen LogP contribution is 2.42. The highest BCUT2D eigenvalue weighted by Gasteiger charge is 2.49. The molecule has 1 heterocycles. The minimum absolute atomic E-state index is 0.0262. The second-order valence-corrected chi connectivity index (χ2v) is 7.89. The van der Waals surface area contributed by atoms with Crippen LogP contribution in [0.5, 0.6) is 0 Å². The van der Waals surface area contributed by atoms with Gasteiger partial charge in [-0.1, -0.05) is 55.5 Å². The lowest BCUT2D eigenvalue weighted by molar-refractivity contribution is -0.957. The van der Waals surface area contributed by atoms with Crippen LogP contribution in [0.1, 0.15) is 55.8 Å². The highest BCUT2D eigenvalue weighted by molar-refractivity contribution is 5.95. The lowest BCUT2D eigenvalue weighted by atomic mass is 9.98. The lowest BCUT2D eigenvalue weighted by Crippen LogP contribution is -2.59. The molecule has 3 nitrogen and oxygen atoms in total. The standard InChI is InChI=1S/C24H32N2O/c1-5-21(24(27)25-23-18(3)12-10-13-19(23)4)26(6-2)17-11-16-22(26)20-14-8-7-9-15-20/h7-10,12-15,21-22H,5-6,11,16-17H2,1-4H3/p+1. The lowest BCUT2D eigenvalue weighted by Gasteiger charge is -2.45. The summed E-state index contributed by atoms with van der Waals surface area (Å²) in [5.41, 5.74) is 4.60. The number of aryl methyl sites for hydroxylation is 2. The summed E-state index contributed by atoms with van der Waals surface area (Å²) in [6.45, 7) is 10.6. The summed E-state index contributed by atoms with van der Waals surface area (Å²) >= 11 is 0. The Morgan fingerprint density at radius 1 is 1.07 bits per heavy atom. The predicted molar refractivity (Wildman–Crippen MR) is 113 cm³/mol. The van der Waals surface area contributed by atoms with Gasteiger partial charge >= 0.3 is 0 Å². The van der Waals surface area contributed by atoms with Crippen molar-refractivity contribution in [1.82, 2.24) is 0 Å². The molecule has 3 atom stereocenters. The van der Waals surface area contributed by atoms with Crippen LogP contribution in [0.25, 0.3) is 0 Å². The van der Waals surface area contributed by atoms with E-state index in [4.69, 9.17) is 0 Å². The summed E-state index contributed by atoms with van der Waals surface area (Å²) in [4.78, 5) is 13.4. The number of anilines is 1. The van der Waals surface area contributed by atoms with Gasteiger partial charge in [0.25, 0.3) is 5.91 Å². The van der Waals surface area contributed by atoms with Crippen molar-refractivity contribution < 1.29 is 9.28 Å². The average Bonchev–Trinajstić information content (AvgIpc) is 3.11. The van der Waals surface area contributed by atoms with Gasteiger partial charge in [-0.2, -0.15) is 0 Å². The molecule has 3 rings (SSSR count). The molecule has 3 unspecified atom stereocenters. The van der Waals surface area contributed by atoms with Crippen LogP contribution in [0.15, 0.2) is 48.5 Å². The number of benzene rings is 2. The first-order valence-electron chi connectivity index (χ1n) is 10.3. The Morgan fingerprint density at radius 2 is 1.74 bits per heavy atom. The van der Waals surface area contributed by atoms with Crippen molar-refractivity contribution in [3.05, 3.63) is 65.2 Å². The Balaban J connectivity index is 1.93. The van der Waals surface area contributed by atoms with Crippen molar-refractivity contribution >= 4 is 11.6 Å². The van der Waals surface area contributed by atoms with Crippen LogP contribution in [-0.2, 0) is 4.79 Å². The molecule has 0 spiro atoms. The number of hydrogen-bond donors (Lipinski definition) is 1. The first kappa shape index (κ1) is 19.6. The van der Waals surface area contributed by atoms with E-state index in [9.17, 15) is 4.79 Å². The SMILES string of the molecule is CCC(C(=O)Nc1c(C)cccc1C)[N+]1(CC)CCCC1c1ccccc1. The van der Waals surface area contributed by atoms with E-state index in [-0.39, 0.29) is 11.9 Å². The molecule has 1 saturated heterocycles. The van der Waals surface area contributed by atoms with Crippen LogP contribution in [0, 0.1) is 13.8 Å². The Bertz CT molecular complexity index is 766. The molecule has 1 aliphatic heterocycles. The van der Waals surface area contributed by atoms with Crippen LogP contribution >= 0.6 is 0 Å². The molecule has 1 N–H and O–H groups in total. The summed E-state index contributed by atoms with van der Waals surface area (Å²) < 4.78 is 0.872. The fourth-order valence-electron chi connectivity index (χ4n) is 5.10. The summed E-state index contributed by atoms with van der Waals surface area (Å²) in [7, 11) is 0. The zero-order chi connectivity index (χ0) is 19.4. The maximum atomic E-state index is 13.4. The Kier molecular flexibility index (Phi) is 6.01. The van der Waals surface area contributed by atoms with E-state index in [0.29, 0.717) is 6.04 Å². The van der Waals surface area contributed by atoms with Crippen molar-refractivity contribution in [3.8, 4) is 0 Å². The maximum absolute atomic E-state index is 13.4. The molecule has 27 heavy (non-hydrogen) atoms. The second kappa shape index (κ2) is 8.26. The molecule has 2 aromatic carbocycles. The van der Waals surface area contributed by atoms with Crippen molar-refractivity contribution in [1.29, 1.82) is 0 Å². The van der Waals surface area contributed by atoms with Gasteiger partial charge in [-0.15, -0.1) is 0 Å². The highest BCUT2D eigenvalue weighted by atomic mass is 16.2. The molecule has 1 aliphatic rings. The smallest absolute Gasteiger partial charge is 0.282 e. The fourth-order valence-corrected chi connectivity index (χ4v) is 5.10. The summed E-state index contributed by atoms with van der Waals surface area (Å²) in [6, 6.07) is 17.3. The third-order valence-electron chi connectivity index (χ3n) is 6.49. The first-order chi connectivity index (χ1) is 13.0. The van der Waals surface area contributed by atoms with Gasteiger partial charge in [-0.25, -0.2) is 0 Å². The molecule has 0 aliphatic carbocycles. The normalized spacial score (nSPS) is 23.2. The quantitative estimate of drug-likeness (QED) is 0.683. The second-order valence-electron chi connectivity index (χ2n) is 7.89. The average molecular weight is 366 g/mol. The van der Waals surface area contributed by atoms with Gasteiger partial charge in [0.1, 0.15) is 6.04 Å². The van der Waals surface area contributed by atoms with Gasteiger partial charge in [0.05, 0.1) is 13.1 Å². The number of quaternary nitrogens is 1. The Morgan fingerprint density at radius 3 is 2.33 bits per heavy atom. The molecule has 1 fully saturated rings. The van der Waals surface area contributed by atoms with E-state index in [1.807, 2.05) is 6.07 Å². The number of amides is 1. The predicted octanol–water partition coefficient (Wildman–Crippen LogP) is 5.39. The summed E-state index contributed by atoms with van der Waals surface area (Å²) in [5.74, 6) is 0.166. The van der Waals surface area contributed by atoms with Crippen LogP contribution in [-0.4, -0.2) is 29.5 Å². The summed E-state index contributed by atoms with van der Waals surface area (Å²) in [6.07, 6.45) is 3.19. The van der Waals surface area contributed by atoms with Gasteiger partial charge in [0, 0.05) is 30.5 Å². The molecule has 0 bridgehead atoms. The number of likely N-dealkylation sites (tertiary alicyclic amines) is 1. The maximum Gasteiger partial charge on any atom is 0.282 e. The number of carbonyl (C=O) groups is 1. The zero-order valence-electron chi connectivity index (χ0n) is 17.2. The van der Waals surface area contributed by atoms with E-state index in [1.54, 1.807) is 0 Å². The fraction of sp³-hybridized carbons (Fsp3) is 0.458. The minimum Gasteiger partial charge on any atom is -0.320 e. The third kappa shape index (κ3) is 3.66. The first-order valence-corrected chi connectivity index (χ1v) is 10.3. The van der Waals surface area contributed by atoms with Crippen LogP contribution in [0.3, 0.4) is 0 Å². The van der Waals surface area contributed by atoms with E-state index in [2.05, 4.69) is 75.5 Å². The van der Waals surface area contributed by atoms with Crippen molar-refractivity contribution in [2.75, 3.05) is 18.4 Å². The van der Waals surface area contributed by atoms with Crippen molar-refractivity contribution in [2.45, 2.75) is 59.0 Å². The number of hydrogen-bond acceptors (Lipinski definition) is 1. The van der Waals surface area contributed by atoms with Gasteiger partial charge in [0.15, 0.2) is 6.04 Å². The topological polar surface area (TPSA) is 29.1 Å². The van der Waals surface area contributed by atoms with E-state index < -0.39 is 0 Å². The molecule has 0 aromatic heterocycles. The largest absolute Gasteiger partial charge is 0.320 e. The number of carbonyl (C=O) groups excluding carboxylic acids is 1. The Hall–Kier alpha value is -2.13. The monoisotopic (exact) mass is 365 g/mol. The van der Waals surface area contributed by atoms with Crippen LogP contribution in [0.4, 0.5) is 5.69 Å². The van der Waals surface area contributed by atoms with Crippen molar-refractivity contribution in [2.24, 2.45) is 0 Å². The van der Waals surface area contributed by atoms with Gasteiger partial charge < -0.3 is 9.80 Å². The molecule has 2 aromatic rings. The van der Waals surface area contributed by atoms with E-state index in [1.165, 1.54) is 12.0 Å². The van der Waals surface area contributed by atoms with Crippen LogP contribution in [0.2, 0.25) is 0 Å². The van der Waals surface area contributed by atoms with E-state index in [0.717, 1.165) is 47.2 Å². The number of nitrogens with zero attached hydrogens (tertiary/aromatic N) is 1. The molecule has 144 valence electrons. The molecule has 3 heteroatoms. The molecule has 0 saturated carbocycles. The molecular formula is C24H33N2O+. The number of likely N-dealkylation sites (N-methyl/N-ethyl adjacent to an activating group) is 1. The zero-order valence-corrected chi connectivity index (χ0v) is 17.2. The number of para-hydroxylation sites is 1. The van der Waals surface area contributed by atoms with Crippen LogP contribution < -0.4 is 5.32 Å². The molecule has 0 radical (unpaired) electrons. The number of rotatable bonds is 6. The van der Waals surface area contributed by atoms with Gasteiger partial charge in [-0.3, -0.25) is 4.79 Å². The van der Waals surface area contributed by atoms with Gasteiger partial charge in [0.2, 0.25) is 0 Å². The Labute approximate surface area is 164 Å². The summed E-state index contributed by atoms with van der Waals surface area (Å²) in [5, 5.41) is 3.28. The van der Waals surface area contributed by atoms with E-state index >= 15 is 0 Å². The minimum atomic E-state index is -0.0262. The van der Waals surface area contributed by atoms with Crippen molar-refractivity contribution in [3.63, 3.8) is 0 Å². The van der Waals surface area contributed by atoms with Gasteiger partial charge in [-0.05, 0) is 31.9 Å².